The van der Waals surface area contributed by atoms with Crippen molar-refractivity contribution in [1.82, 2.24) is 14.5 Å². The summed E-state index contributed by atoms with van der Waals surface area (Å²) in [6.45, 7) is 3.25. The van der Waals surface area contributed by atoms with Gasteiger partial charge in [-0.3, -0.25) is 10.1 Å². The minimum Gasteiger partial charge on any atom is -0.383 e. The number of aromatic nitrogens is 3. The van der Waals surface area contributed by atoms with Crippen LogP contribution in [-0.2, 0) is 6.54 Å². The van der Waals surface area contributed by atoms with Crippen molar-refractivity contribution in [2.24, 2.45) is 0 Å². The summed E-state index contributed by atoms with van der Waals surface area (Å²) in [5.74, 6) is 1.36. The third kappa shape index (κ3) is 1.84. The Hall–Kier alpha value is -3.16. The molecule has 0 unspecified atom stereocenters. The molecule has 8 nitrogen and oxygen atoms in total. The molecule has 116 valence electrons. The highest BCUT2D eigenvalue weighted by Crippen LogP contribution is 2.39. The van der Waals surface area contributed by atoms with Crippen LogP contribution in [0.1, 0.15) is 5.56 Å². The number of hydrogen-bond acceptors (Lipinski definition) is 6. The molecule has 4 rings (SSSR count). The molecule has 3 heterocycles. The van der Waals surface area contributed by atoms with Crippen LogP contribution in [0, 0.1) is 17.0 Å². The third-order valence-electron chi connectivity index (χ3n) is 4.29. The quantitative estimate of drug-likeness (QED) is 0.576. The summed E-state index contributed by atoms with van der Waals surface area (Å²) in [7, 11) is 0. The molecule has 8 heteroatoms. The molecule has 0 spiro atoms. The number of nitrogen functional groups attached to an aromatic ring is 1. The summed E-state index contributed by atoms with van der Waals surface area (Å²) in [6, 6.07) is 7.06. The molecule has 0 bridgehead atoms. The number of anilines is 3. The van der Waals surface area contributed by atoms with E-state index in [1.165, 1.54) is 12.4 Å². The van der Waals surface area contributed by atoms with Gasteiger partial charge < -0.3 is 15.2 Å². The Kier molecular flexibility index (Phi) is 2.74. The first-order chi connectivity index (χ1) is 11.1. The normalized spacial score (nSPS) is 13.5. The number of rotatable bonds is 2. The lowest BCUT2D eigenvalue weighted by molar-refractivity contribution is -0.385. The average molecular weight is 310 g/mol. The van der Waals surface area contributed by atoms with Crippen molar-refractivity contribution in [2.75, 3.05) is 17.2 Å². The van der Waals surface area contributed by atoms with Crippen LogP contribution in [0.2, 0.25) is 0 Å². The van der Waals surface area contributed by atoms with Gasteiger partial charge >= 0.3 is 0 Å². The van der Waals surface area contributed by atoms with Crippen LogP contribution in [0.5, 0.6) is 0 Å². The zero-order valence-electron chi connectivity index (χ0n) is 12.4. The van der Waals surface area contributed by atoms with E-state index in [0.717, 1.165) is 35.6 Å². The van der Waals surface area contributed by atoms with E-state index in [1.807, 2.05) is 12.1 Å². The first kappa shape index (κ1) is 13.5. The minimum atomic E-state index is -0.353. The zero-order chi connectivity index (χ0) is 16.1. The maximum Gasteiger partial charge on any atom is 0.274 e. The van der Waals surface area contributed by atoms with Crippen molar-refractivity contribution in [3.05, 3.63) is 46.3 Å². The van der Waals surface area contributed by atoms with Crippen LogP contribution in [0.4, 0.5) is 23.0 Å². The van der Waals surface area contributed by atoms with Gasteiger partial charge in [0.25, 0.3) is 5.69 Å². The van der Waals surface area contributed by atoms with E-state index < -0.39 is 0 Å². The first-order valence-electron chi connectivity index (χ1n) is 7.19. The van der Waals surface area contributed by atoms with Crippen LogP contribution < -0.4 is 10.6 Å². The van der Waals surface area contributed by atoms with Crippen molar-refractivity contribution >= 4 is 34.0 Å². The van der Waals surface area contributed by atoms with E-state index in [-0.39, 0.29) is 10.6 Å². The molecule has 0 radical (unpaired) electrons. The topological polar surface area (TPSA) is 103 Å². The maximum absolute atomic E-state index is 11.2. The second-order valence-electron chi connectivity index (χ2n) is 5.48. The fourth-order valence-electron chi connectivity index (χ4n) is 3.17. The first-order valence-corrected chi connectivity index (χ1v) is 7.19. The van der Waals surface area contributed by atoms with Gasteiger partial charge in [-0.2, -0.15) is 0 Å². The molecule has 0 saturated heterocycles. The highest BCUT2D eigenvalue weighted by Gasteiger charge is 2.27. The lowest BCUT2D eigenvalue weighted by atomic mass is 10.1. The molecular formula is C15H14N6O2. The summed E-state index contributed by atoms with van der Waals surface area (Å²) in [4.78, 5) is 21.2. The lowest BCUT2D eigenvalue weighted by Gasteiger charge is -2.19. The summed E-state index contributed by atoms with van der Waals surface area (Å²) in [5, 5.41) is 12.0. The van der Waals surface area contributed by atoms with Crippen molar-refractivity contribution in [2.45, 2.75) is 13.5 Å². The van der Waals surface area contributed by atoms with Crippen molar-refractivity contribution in [1.29, 1.82) is 0 Å². The second kappa shape index (κ2) is 4.67. The molecule has 0 fully saturated rings. The molecule has 2 aromatic heterocycles. The van der Waals surface area contributed by atoms with Gasteiger partial charge in [0.05, 0.1) is 21.6 Å². The van der Waals surface area contributed by atoms with Gasteiger partial charge in [0.15, 0.2) is 0 Å². The Morgan fingerprint density at radius 3 is 2.91 bits per heavy atom. The second-order valence-corrected chi connectivity index (χ2v) is 5.48. The van der Waals surface area contributed by atoms with Crippen LogP contribution in [0.3, 0.4) is 0 Å². The fourth-order valence-corrected chi connectivity index (χ4v) is 3.17. The maximum atomic E-state index is 11.2. The van der Waals surface area contributed by atoms with Gasteiger partial charge in [0.1, 0.15) is 23.6 Å². The van der Waals surface area contributed by atoms with E-state index in [1.54, 1.807) is 13.0 Å². The van der Waals surface area contributed by atoms with Gasteiger partial charge in [0.2, 0.25) is 0 Å². The van der Waals surface area contributed by atoms with E-state index in [9.17, 15) is 10.1 Å². The van der Waals surface area contributed by atoms with Crippen LogP contribution in [-0.4, -0.2) is 26.0 Å². The number of nitro groups is 1. The number of benzene rings is 1. The highest BCUT2D eigenvalue weighted by atomic mass is 16.6. The monoisotopic (exact) mass is 310 g/mol. The molecule has 1 aliphatic rings. The van der Waals surface area contributed by atoms with Crippen molar-refractivity contribution in [3.63, 3.8) is 0 Å². The molecular weight excluding hydrogens is 296 g/mol. The van der Waals surface area contributed by atoms with E-state index >= 15 is 0 Å². The van der Waals surface area contributed by atoms with Gasteiger partial charge in [0, 0.05) is 19.2 Å². The molecule has 3 aromatic rings. The Morgan fingerprint density at radius 1 is 1.30 bits per heavy atom. The van der Waals surface area contributed by atoms with Crippen molar-refractivity contribution < 1.29 is 4.92 Å². The Morgan fingerprint density at radius 2 is 2.13 bits per heavy atom. The average Bonchev–Trinajstić information content (AvgIpc) is 3.08. The molecule has 0 aliphatic carbocycles. The minimum absolute atomic E-state index is 0.122. The van der Waals surface area contributed by atoms with Crippen molar-refractivity contribution in [3.8, 4) is 0 Å². The van der Waals surface area contributed by atoms with E-state index in [4.69, 9.17) is 5.73 Å². The summed E-state index contributed by atoms with van der Waals surface area (Å²) < 4.78 is 2.06. The summed E-state index contributed by atoms with van der Waals surface area (Å²) in [6.07, 6.45) is 1.45. The molecule has 0 saturated carbocycles. The lowest BCUT2D eigenvalue weighted by Crippen LogP contribution is -2.15. The molecule has 0 atom stereocenters. The third-order valence-corrected chi connectivity index (χ3v) is 4.29. The zero-order valence-corrected chi connectivity index (χ0v) is 12.4. The van der Waals surface area contributed by atoms with Gasteiger partial charge in [-0.05, 0) is 19.1 Å². The fraction of sp³-hybridized carbons (Fsp3) is 0.200. The van der Waals surface area contributed by atoms with Crippen LogP contribution >= 0.6 is 0 Å². The number of nitro benzene ring substituents is 1. The van der Waals surface area contributed by atoms with Gasteiger partial charge in [-0.15, -0.1) is 0 Å². The van der Waals surface area contributed by atoms with Gasteiger partial charge in [-0.1, -0.05) is 6.07 Å². The molecule has 0 amide bonds. The molecule has 2 N–H and O–H groups in total. The predicted molar refractivity (Wildman–Crippen MR) is 86.8 cm³/mol. The van der Waals surface area contributed by atoms with Gasteiger partial charge in [-0.25, -0.2) is 9.97 Å². The molecule has 1 aliphatic heterocycles. The number of nitrogens with zero attached hydrogens (tertiary/aromatic N) is 5. The Bertz CT molecular complexity index is 949. The Labute approximate surface area is 131 Å². The number of hydrogen-bond donors (Lipinski definition) is 1. The van der Waals surface area contributed by atoms with Crippen LogP contribution in [0.15, 0.2) is 30.6 Å². The highest BCUT2D eigenvalue weighted by molar-refractivity contribution is 5.92. The van der Waals surface area contributed by atoms with E-state index in [0.29, 0.717) is 11.4 Å². The number of fused-ring (bicyclic) bond motifs is 3. The largest absolute Gasteiger partial charge is 0.383 e. The number of nitrogens with two attached hydrogens (primary N) is 1. The smallest absolute Gasteiger partial charge is 0.274 e. The summed E-state index contributed by atoms with van der Waals surface area (Å²) >= 11 is 0. The van der Waals surface area contributed by atoms with E-state index in [2.05, 4.69) is 19.4 Å². The summed E-state index contributed by atoms with van der Waals surface area (Å²) in [5.41, 5.74) is 8.31. The van der Waals surface area contributed by atoms with Crippen LogP contribution in [0.25, 0.3) is 11.0 Å². The SMILES string of the molecule is Cc1c(N2CCn3c2cc2c(N)ncnc23)cccc1[N+](=O)[O-]. The molecule has 23 heavy (non-hydrogen) atoms. The standard InChI is InChI=1S/C15H14N6O2/c1-9-11(3-2-4-12(9)21(22)23)19-5-6-20-13(19)7-10-14(16)17-8-18-15(10)20/h2-4,7-8H,5-6H2,1H3,(H2,16,17,18). The Balaban J connectivity index is 1.89. The predicted octanol–water partition coefficient (Wildman–Crippen LogP) is 2.38. The molecule has 1 aromatic carbocycles.